The molecule has 5 nitrogen and oxygen atoms in total. The Kier molecular flexibility index (Phi) is 3.21. The fourth-order valence-electron chi connectivity index (χ4n) is 1.28. The van der Waals surface area contributed by atoms with E-state index >= 15 is 0 Å². The van der Waals surface area contributed by atoms with Gasteiger partial charge in [-0.1, -0.05) is 11.2 Å². The van der Waals surface area contributed by atoms with Crippen molar-refractivity contribution in [2.24, 2.45) is 0 Å². The second-order valence-electron chi connectivity index (χ2n) is 3.37. The van der Waals surface area contributed by atoms with Crippen molar-refractivity contribution in [3.05, 3.63) is 29.3 Å². The van der Waals surface area contributed by atoms with Crippen LogP contribution in [0, 0.1) is 11.3 Å². The van der Waals surface area contributed by atoms with Crippen molar-refractivity contribution < 1.29 is 9.32 Å². The van der Waals surface area contributed by atoms with E-state index in [1.807, 2.05) is 23.6 Å². The van der Waals surface area contributed by atoms with Crippen LogP contribution in [0.1, 0.15) is 10.5 Å². The zero-order valence-electron chi connectivity index (χ0n) is 9.08. The maximum absolute atomic E-state index is 11.8. The van der Waals surface area contributed by atoms with Gasteiger partial charge in [0.25, 0.3) is 5.91 Å². The van der Waals surface area contributed by atoms with Crippen molar-refractivity contribution in [1.82, 2.24) is 10.1 Å². The standard InChI is InChI=1S/C11H9N3O2S/c1-14(5-4-12)11(15)8-7-9(16-13-8)10-3-2-6-17-10/h2-3,6-7H,5H2,1H3. The van der Waals surface area contributed by atoms with Crippen LogP contribution >= 0.6 is 11.3 Å². The van der Waals surface area contributed by atoms with Gasteiger partial charge in [0, 0.05) is 13.1 Å². The van der Waals surface area contributed by atoms with E-state index in [9.17, 15) is 4.79 Å². The van der Waals surface area contributed by atoms with E-state index in [-0.39, 0.29) is 18.1 Å². The summed E-state index contributed by atoms with van der Waals surface area (Å²) in [7, 11) is 1.55. The molecule has 2 heterocycles. The van der Waals surface area contributed by atoms with E-state index in [2.05, 4.69) is 5.16 Å². The molecule has 0 aliphatic rings. The Hall–Kier alpha value is -2.13. The molecule has 0 aromatic carbocycles. The van der Waals surface area contributed by atoms with Crippen LogP contribution in [0.15, 0.2) is 28.1 Å². The maximum atomic E-state index is 11.8. The lowest BCUT2D eigenvalue weighted by molar-refractivity contribution is 0.0802. The molecule has 2 aromatic heterocycles. The molecule has 86 valence electrons. The van der Waals surface area contributed by atoms with Crippen LogP contribution in [0.2, 0.25) is 0 Å². The Morgan fingerprint density at radius 1 is 1.71 bits per heavy atom. The number of rotatable bonds is 3. The average molecular weight is 247 g/mol. The lowest BCUT2D eigenvalue weighted by atomic mass is 10.3. The minimum absolute atomic E-state index is 0.0278. The molecule has 0 radical (unpaired) electrons. The third-order valence-corrected chi connectivity index (χ3v) is 3.03. The van der Waals surface area contributed by atoms with Gasteiger partial charge < -0.3 is 9.42 Å². The topological polar surface area (TPSA) is 70.1 Å². The largest absolute Gasteiger partial charge is 0.355 e. The van der Waals surface area contributed by atoms with Gasteiger partial charge in [-0.2, -0.15) is 5.26 Å². The molecule has 0 unspecified atom stereocenters. The zero-order valence-corrected chi connectivity index (χ0v) is 9.90. The average Bonchev–Trinajstić information content (AvgIpc) is 2.98. The highest BCUT2D eigenvalue weighted by atomic mass is 32.1. The van der Waals surface area contributed by atoms with Crippen LogP contribution in [0.25, 0.3) is 10.6 Å². The van der Waals surface area contributed by atoms with Crippen molar-refractivity contribution in [3.8, 4) is 16.7 Å². The number of carbonyl (C=O) groups excluding carboxylic acids is 1. The highest BCUT2D eigenvalue weighted by Crippen LogP contribution is 2.25. The summed E-state index contributed by atoms with van der Waals surface area (Å²) in [5.74, 6) is 0.242. The van der Waals surface area contributed by atoms with Crippen molar-refractivity contribution in [2.75, 3.05) is 13.6 Å². The van der Waals surface area contributed by atoms with Gasteiger partial charge >= 0.3 is 0 Å². The van der Waals surface area contributed by atoms with Gasteiger partial charge in [-0.25, -0.2) is 0 Å². The summed E-state index contributed by atoms with van der Waals surface area (Å²) in [6.07, 6.45) is 0. The molecule has 0 aliphatic heterocycles. The number of nitriles is 1. The van der Waals surface area contributed by atoms with Crippen LogP contribution in [-0.2, 0) is 0 Å². The Balaban J connectivity index is 2.19. The van der Waals surface area contributed by atoms with Gasteiger partial charge in [-0.3, -0.25) is 4.79 Å². The second-order valence-corrected chi connectivity index (χ2v) is 4.32. The number of hydrogen-bond acceptors (Lipinski definition) is 5. The first kappa shape index (κ1) is 11.4. The molecule has 0 saturated heterocycles. The molecule has 0 spiro atoms. The molecular weight excluding hydrogens is 238 g/mol. The predicted molar refractivity (Wildman–Crippen MR) is 62.4 cm³/mol. The van der Waals surface area contributed by atoms with Crippen LogP contribution in [0.5, 0.6) is 0 Å². The lowest BCUT2D eigenvalue weighted by Gasteiger charge is -2.09. The first-order valence-electron chi connectivity index (χ1n) is 4.85. The summed E-state index contributed by atoms with van der Waals surface area (Å²) in [6, 6.07) is 7.27. The molecule has 2 rings (SSSR count). The Morgan fingerprint density at radius 2 is 2.53 bits per heavy atom. The molecule has 2 aromatic rings. The second kappa shape index (κ2) is 4.80. The van der Waals surface area contributed by atoms with E-state index in [1.165, 1.54) is 16.2 Å². The van der Waals surface area contributed by atoms with Gasteiger partial charge in [0.2, 0.25) is 0 Å². The Morgan fingerprint density at radius 3 is 3.18 bits per heavy atom. The first-order valence-corrected chi connectivity index (χ1v) is 5.73. The summed E-state index contributed by atoms with van der Waals surface area (Å²) < 4.78 is 5.09. The third kappa shape index (κ3) is 2.34. The van der Waals surface area contributed by atoms with E-state index in [1.54, 1.807) is 13.1 Å². The number of hydrogen-bond donors (Lipinski definition) is 0. The summed E-state index contributed by atoms with van der Waals surface area (Å²) in [6.45, 7) is 0.0278. The summed E-state index contributed by atoms with van der Waals surface area (Å²) >= 11 is 1.51. The number of carbonyl (C=O) groups is 1. The SMILES string of the molecule is CN(CC#N)C(=O)c1cc(-c2cccs2)on1. The van der Waals surface area contributed by atoms with Crippen LogP contribution in [-0.4, -0.2) is 29.6 Å². The summed E-state index contributed by atoms with van der Waals surface area (Å²) in [5, 5.41) is 14.1. The molecule has 0 N–H and O–H groups in total. The maximum Gasteiger partial charge on any atom is 0.276 e. The van der Waals surface area contributed by atoms with Gasteiger partial charge in [-0.05, 0) is 11.4 Å². The molecular formula is C11H9N3O2S. The smallest absolute Gasteiger partial charge is 0.276 e. The number of aromatic nitrogens is 1. The normalized spacial score (nSPS) is 9.88. The fourth-order valence-corrected chi connectivity index (χ4v) is 1.96. The van der Waals surface area contributed by atoms with E-state index < -0.39 is 0 Å². The summed E-state index contributed by atoms with van der Waals surface area (Å²) in [5.41, 5.74) is 0.214. The van der Waals surface area contributed by atoms with Gasteiger partial charge in [0.1, 0.15) is 6.54 Å². The molecule has 0 saturated carbocycles. The van der Waals surface area contributed by atoms with E-state index in [4.69, 9.17) is 9.78 Å². The lowest BCUT2D eigenvalue weighted by Crippen LogP contribution is -2.27. The van der Waals surface area contributed by atoms with Crippen LogP contribution in [0.3, 0.4) is 0 Å². The monoisotopic (exact) mass is 247 g/mol. The summed E-state index contributed by atoms with van der Waals surface area (Å²) in [4.78, 5) is 14.0. The van der Waals surface area contributed by atoms with Crippen molar-refractivity contribution >= 4 is 17.2 Å². The van der Waals surface area contributed by atoms with E-state index in [0.717, 1.165) is 4.88 Å². The quantitative estimate of drug-likeness (QED) is 0.778. The fraction of sp³-hybridized carbons (Fsp3) is 0.182. The zero-order chi connectivity index (χ0) is 12.3. The number of amides is 1. The van der Waals surface area contributed by atoms with Crippen molar-refractivity contribution in [1.29, 1.82) is 5.26 Å². The minimum atomic E-state index is -0.321. The minimum Gasteiger partial charge on any atom is -0.355 e. The van der Waals surface area contributed by atoms with Gasteiger partial charge in [-0.15, -0.1) is 11.3 Å². The molecule has 0 atom stereocenters. The van der Waals surface area contributed by atoms with Gasteiger partial charge in [0.05, 0.1) is 10.9 Å². The Bertz CT molecular complexity index is 554. The van der Waals surface area contributed by atoms with Crippen molar-refractivity contribution in [2.45, 2.75) is 0 Å². The predicted octanol–water partition coefficient (Wildman–Crippen LogP) is 2.00. The molecule has 1 amide bonds. The van der Waals surface area contributed by atoms with Crippen LogP contribution < -0.4 is 0 Å². The third-order valence-electron chi connectivity index (χ3n) is 2.15. The molecule has 6 heteroatoms. The molecule has 17 heavy (non-hydrogen) atoms. The highest BCUT2D eigenvalue weighted by Gasteiger charge is 2.17. The first-order chi connectivity index (χ1) is 8.22. The molecule has 0 aliphatic carbocycles. The van der Waals surface area contributed by atoms with Crippen molar-refractivity contribution in [3.63, 3.8) is 0 Å². The highest BCUT2D eigenvalue weighted by molar-refractivity contribution is 7.13. The van der Waals surface area contributed by atoms with Gasteiger partial charge in [0.15, 0.2) is 11.5 Å². The number of nitrogens with zero attached hydrogens (tertiary/aromatic N) is 3. The number of thiophene rings is 1. The van der Waals surface area contributed by atoms with Crippen LogP contribution in [0.4, 0.5) is 0 Å². The molecule has 0 fully saturated rings. The van der Waals surface area contributed by atoms with E-state index in [0.29, 0.717) is 5.76 Å². The Labute approximate surface area is 102 Å². The molecule has 0 bridgehead atoms.